The fraction of sp³-hybridized carbons (Fsp3) is 0.278. The summed E-state index contributed by atoms with van der Waals surface area (Å²) in [6.07, 6.45) is 0. The molecule has 0 aliphatic heterocycles. The van der Waals surface area contributed by atoms with E-state index in [0.717, 1.165) is 0 Å². The van der Waals surface area contributed by atoms with Gasteiger partial charge in [0, 0.05) is 12.7 Å². The highest BCUT2D eigenvalue weighted by atomic mass is 32.2. The van der Waals surface area contributed by atoms with Crippen LogP contribution in [0.5, 0.6) is 0 Å². The second kappa shape index (κ2) is 7.67. The molecule has 1 atom stereocenters. The van der Waals surface area contributed by atoms with Gasteiger partial charge in [-0.25, -0.2) is 8.42 Å². The maximum absolute atomic E-state index is 12.8. The number of anilines is 2. The van der Waals surface area contributed by atoms with E-state index in [1.807, 2.05) is 19.9 Å². The number of para-hydroxylation sites is 1. The molecule has 2 aromatic carbocycles. The molecule has 0 saturated carbocycles. The van der Waals surface area contributed by atoms with Crippen molar-refractivity contribution < 1.29 is 13.2 Å². The summed E-state index contributed by atoms with van der Waals surface area (Å²) in [7, 11) is -2.25. The van der Waals surface area contributed by atoms with Gasteiger partial charge >= 0.3 is 0 Å². The summed E-state index contributed by atoms with van der Waals surface area (Å²) >= 11 is 0. The van der Waals surface area contributed by atoms with Crippen molar-refractivity contribution in [1.82, 2.24) is 0 Å². The normalized spacial score (nSPS) is 12.7. The monoisotopic (exact) mass is 361 g/mol. The number of nitrogens with zero attached hydrogens (tertiary/aromatic N) is 1. The van der Waals surface area contributed by atoms with Crippen molar-refractivity contribution in [2.45, 2.75) is 24.8 Å². The van der Waals surface area contributed by atoms with Crippen molar-refractivity contribution in [2.24, 2.45) is 11.7 Å². The zero-order valence-corrected chi connectivity index (χ0v) is 15.3. The first-order chi connectivity index (χ1) is 11.7. The second-order valence-corrected chi connectivity index (χ2v) is 8.06. The molecule has 7 heteroatoms. The molecule has 0 aliphatic rings. The second-order valence-electron chi connectivity index (χ2n) is 6.09. The fourth-order valence-electron chi connectivity index (χ4n) is 2.20. The molecule has 2 aromatic rings. The zero-order valence-electron chi connectivity index (χ0n) is 14.5. The standard InChI is InChI=1S/C18H23N3O3S/c1-13(2)17(19)18(22)20-14-8-7-11-16(12-14)25(23,24)21(3)15-9-5-4-6-10-15/h4-13,17H,19H2,1-3H3,(H,20,22)/t17-/m0/s1. The van der Waals surface area contributed by atoms with Crippen molar-refractivity contribution in [3.63, 3.8) is 0 Å². The van der Waals surface area contributed by atoms with Crippen molar-refractivity contribution in [2.75, 3.05) is 16.7 Å². The molecule has 0 unspecified atom stereocenters. The number of nitrogens with two attached hydrogens (primary N) is 1. The zero-order chi connectivity index (χ0) is 18.6. The number of benzene rings is 2. The summed E-state index contributed by atoms with van der Waals surface area (Å²) in [6.45, 7) is 3.69. The van der Waals surface area contributed by atoms with E-state index >= 15 is 0 Å². The van der Waals surface area contributed by atoms with E-state index in [1.54, 1.807) is 36.4 Å². The minimum absolute atomic E-state index is 0.0175. The first-order valence-corrected chi connectivity index (χ1v) is 9.38. The lowest BCUT2D eigenvalue weighted by molar-refractivity contribution is -0.118. The number of rotatable bonds is 6. The van der Waals surface area contributed by atoms with Crippen LogP contribution >= 0.6 is 0 Å². The van der Waals surface area contributed by atoms with Gasteiger partial charge in [0.05, 0.1) is 16.6 Å². The molecule has 6 nitrogen and oxygen atoms in total. The molecule has 1 amide bonds. The molecule has 25 heavy (non-hydrogen) atoms. The van der Waals surface area contributed by atoms with Gasteiger partial charge in [-0.2, -0.15) is 0 Å². The van der Waals surface area contributed by atoms with Crippen LogP contribution in [0.2, 0.25) is 0 Å². The number of nitrogens with one attached hydrogen (secondary N) is 1. The molecule has 2 rings (SSSR count). The van der Waals surface area contributed by atoms with Gasteiger partial charge in [-0.1, -0.05) is 38.1 Å². The minimum Gasteiger partial charge on any atom is -0.325 e. The molecule has 0 radical (unpaired) electrons. The van der Waals surface area contributed by atoms with Gasteiger partial charge in [0.15, 0.2) is 0 Å². The SMILES string of the molecule is CC(C)[C@H](N)C(=O)Nc1cccc(S(=O)(=O)N(C)c2ccccc2)c1. The van der Waals surface area contributed by atoms with Crippen LogP contribution in [0.3, 0.4) is 0 Å². The highest BCUT2D eigenvalue weighted by Gasteiger charge is 2.22. The van der Waals surface area contributed by atoms with E-state index in [4.69, 9.17) is 5.73 Å². The number of carbonyl (C=O) groups is 1. The summed E-state index contributed by atoms with van der Waals surface area (Å²) in [6, 6.07) is 14.3. The molecule has 0 saturated heterocycles. The van der Waals surface area contributed by atoms with Crippen molar-refractivity contribution >= 4 is 27.3 Å². The Balaban J connectivity index is 2.27. The predicted octanol–water partition coefficient (Wildman–Crippen LogP) is 2.43. The van der Waals surface area contributed by atoms with Crippen LogP contribution in [0.25, 0.3) is 0 Å². The first-order valence-electron chi connectivity index (χ1n) is 7.94. The molecule has 0 fully saturated rings. The number of carbonyl (C=O) groups excluding carboxylic acids is 1. The quantitative estimate of drug-likeness (QED) is 0.826. The summed E-state index contributed by atoms with van der Waals surface area (Å²) in [5, 5.41) is 2.67. The summed E-state index contributed by atoms with van der Waals surface area (Å²) in [4.78, 5) is 12.2. The lowest BCUT2D eigenvalue weighted by atomic mass is 10.1. The summed E-state index contributed by atoms with van der Waals surface area (Å²) < 4.78 is 26.8. The van der Waals surface area contributed by atoms with Crippen molar-refractivity contribution in [3.8, 4) is 0 Å². The number of sulfonamides is 1. The minimum atomic E-state index is -3.74. The Morgan fingerprint density at radius 1 is 1.08 bits per heavy atom. The number of hydrogen-bond acceptors (Lipinski definition) is 4. The maximum atomic E-state index is 12.8. The maximum Gasteiger partial charge on any atom is 0.264 e. The Bertz CT molecular complexity index is 836. The van der Waals surface area contributed by atoms with Crippen LogP contribution < -0.4 is 15.4 Å². The third kappa shape index (κ3) is 4.37. The van der Waals surface area contributed by atoms with E-state index < -0.39 is 16.1 Å². The van der Waals surface area contributed by atoms with Gasteiger partial charge in [-0.05, 0) is 36.2 Å². The largest absolute Gasteiger partial charge is 0.325 e. The smallest absolute Gasteiger partial charge is 0.264 e. The lowest BCUT2D eigenvalue weighted by Crippen LogP contribution is -2.39. The molecule has 0 heterocycles. The Labute approximate surface area is 148 Å². The molecule has 0 aliphatic carbocycles. The average molecular weight is 361 g/mol. The van der Waals surface area contributed by atoms with E-state index in [2.05, 4.69) is 5.32 Å². The van der Waals surface area contributed by atoms with E-state index in [0.29, 0.717) is 11.4 Å². The molecule has 134 valence electrons. The van der Waals surface area contributed by atoms with Gasteiger partial charge in [-0.3, -0.25) is 9.10 Å². The van der Waals surface area contributed by atoms with Gasteiger partial charge < -0.3 is 11.1 Å². The number of amides is 1. The Hall–Kier alpha value is -2.38. The highest BCUT2D eigenvalue weighted by Crippen LogP contribution is 2.23. The molecule has 0 aromatic heterocycles. The fourth-order valence-corrected chi connectivity index (χ4v) is 3.44. The number of hydrogen-bond donors (Lipinski definition) is 2. The van der Waals surface area contributed by atoms with Crippen LogP contribution in [0.4, 0.5) is 11.4 Å². The molecular formula is C18H23N3O3S. The summed E-state index contributed by atoms with van der Waals surface area (Å²) in [5.74, 6) is -0.364. The molecule has 3 N–H and O–H groups in total. The highest BCUT2D eigenvalue weighted by molar-refractivity contribution is 7.92. The van der Waals surface area contributed by atoms with E-state index in [1.165, 1.54) is 23.5 Å². The Morgan fingerprint density at radius 2 is 1.72 bits per heavy atom. The summed E-state index contributed by atoms with van der Waals surface area (Å²) in [5.41, 5.74) is 6.76. The van der Waals surface area contributed by atoms with Crippen molar-refractivity contribution in [1.29, 1.82) is 0 Å². The van der Waals surface area contributed by atoms with E-state index in [9.17, 15) is 13.2 Å². The third-order valence-corrected chi connectivity index (χ3v) is 5.68. The predicted molar refractivity (Wildman–Crippen MR) is 99.9 cm³/mol. The van der Waals surface area contributed by atoms with Gasteiger partial charge in [0.2, 0.25) is 5.91 Å². The Morgan fingerprint density at radius 3 is 2.32 bits per heavy atom. The van der Waals surface area contributed by atoms with Crippen LogP contribution in [0, 0.1) is 5.92 Å². The molecular weight excluding hydrogens is 338 g/mol. The van der Waals surface area contributed by atoms with Crippen molar-refractivity contribution in [3.05, 3.63) is 54.6 Å². The van der Waals surface area contributed by atoms with Crippen LogP contribution in [0.15, 0.2) is 59.5 Å². The van der Waals surface area contributed by atoms with Gasteiger partial charge in [0.25, 0.3) is 10.0 Å². The van der Waals surface area contributed by atoms with Crippen LogP contribution in [-0.2, 0) is 14.8 Å². The molecule has 0 spiro atoms. The third-order valence-electron chi connectivity index (χ3n) is 3.90. The first kappa shape index (κ1) is 19.0. The van der Waals surface area contributed by atoms with E-state index in [-0.39, 0.29) is 16.7 Å². The lowest BCUT2D eigenvalue weighted by Gasteiger charge is -2.20. The average Bonchev–Trinajstić information content (AvgIpc) is 2.61. The Kier molecular flexibility index (Phi) is 5.81. The van der Waals surface area contributed by atoms with Crippen LogP contribution in [-0.4, -0.2) is 27.4 Å². The topological polar surface area (TPSA) is 92.5 Å². The van der Waals surface area contributed by atoms with Crippen LogP contribution in [0.1, 0.15) is 13.8 Å². The van der Waals surface area contributed by atoms with Gasteiger partial charge in [0.1, 0.15) is 0 Å². The molecule has 0 bridgehead atoms. The van der Waals surface area contributed by atoms with Gasteiger partial charge in [-0.15, -0.1) is 0 Å².